The first kappa shape index (κ1) is 18.2. The van der Waals surface area contributed by atoms with Crippen LogP contribution in [0.3, 0.4) is 0 Å². The van der Waals surface area contributed by atoms with Gasteiger partial charge in [0.05, 0.1) is 0 Å². The minimum absolute atomic E-state index is 0.0855. The minimum atomic E-state index is -1.11. The normalized spacial score (nSPS) is 11.9. The number of alkyl carbamates (subject to hydrolysis) is 1. The van der Waals surface area contributed by atoms with Crippen LogP contribution in [-0.4, -0.2) is 28.2 Å². The molecule has 1 amide bonds. The van der Waals surface area contributed by atoms with Crippen LogP contribution in [0.2, 0.25) is 0 Å². The molecule has 0 saturated carbocycles. The van der Waals surface area contributed by atoms with Gasteiger partial charge in [-0.25, -0.2) is 9.59 Å². The molecular formula is C19H17IN2O4. The van der Waals surface area contributed by atoms with E-state index in [9.17, 15) is 14.7 Å². The van der Waals surface area contributed by atoms with Crippen molar-refractivity contribution < 1.29 is 19.4 Å². The van der Waals surface area contributed by atoms with Crippen LogP contribution in [0.15, 0.2) is 54.7 Å². The number of hydrogen-bond donors (Lipinski definition) is 3. The molecule has 3 rings (SSSR count). The number of aliphatic carboxylic acids is 1. The predicted octanol–water partition coefficient (Wildman–Crippen LogP) is 3.69. The Morgan fingerprint density at radius 2 is 1.88 bits per heavy atom. The van der Waals surface area contributed by atoms with Crippen molar-refractivity contribution in [2.75, 3.05) is 0 Å². The fraction of sp³-hybridized carbons (Fsp3) is 0.158. The van der Waals surface area contributed by atoms with Gasteiger partial charge in [0.2, 0.25) is 0 Å². The number of para-hydroxylation sites is 1. The molecule has 2 aromatic carbocycles. The second-order valence-electron chi connectivity index (χ2n) is 5.80. The van der Waals surface area contributed by atoms with Crippen molar-refractivity contribution in [3.63, 3.8) is 0 Å². The van der Waals surface area contributed by atoms with Crippen molar-refractivity contribution in [1.29, 1.82) is 0 Å². The standard InChI is InChI=1S/C19H17IN2O4/c20-14-7-5-12(6-8-14)11-26-19(25)22-17(18(23)24)9-13-10-21-16-4-2-1-3-15(13)16/h1-8,10,17,21H,9,11H2,(H,22,25)(H,23,24)/t17-/m0/s1. The highest BCUT2D eigenvalue weighted by atomic mass is 127. The monoisotopic (exact) mass is 464 g/mol. The van der Waals surface area contributed by atoms with Crippen molar-refractivity contribution in [2.24, 2.45) is 0 Å². The number of halogens is 1. The molecule has 0 aliphatic carbocycles. The Morgan fingerprint density at radius 1 is 1.15 bits per heavy atom. The van der Waals surface area contributed by atoms with E-state index < -0.39 is 18.1 Å². The SMILES string of the molecule is O=C(N[C@@H](Cc1c[nH]c2ccccc12)C(=O)O)OCc1ccc(I)cc1. The van der Waals surface area contributed by atoms with Crippen LogP contribution in [0.25, 0.3) is 10.9 Å². The van der Waals surface area contributed by atoms with Crippen molar-refractivity contribution in [1.82, 2.24) is 10.3 Å². The summed E-state index contributed by atoms with van der Waals surface area (Å²) in [5.41, 5.74) is 2.59. The first-order valence-corrected chi connectivity index (χ1v) is 9.06. The van der Waals surface area contributed by atoms with E-state index in [1.165, 1.54) is 0 Å². The number of nitrogens with one attached hydrogen (secondary N) is 2. The maximum absolute atomic E-state index is 12.0. The van der Waals surface area contributed by atoms with Crippen LogP contribution in [-0.2, 0) is 22.6 Å². The highest BCUT2D eigenvalue weighted by molar-refractivity contribution is 14.1. The summed E-state index contributed by atoms with van der Waals surface area (Å²) >= 11 is 2.19. The summed E-state index contributed by atoms with van der Waals surface area (Å²) in [6.45, 7) is 0.0855. The van der Waals surface area contributed by atoms with Crippen LogP contribution in [0.4, 0.5) is 4.79 Å². The van der Waals surface area contributed by atoms with Crippen molar-refractivity contribution >= 4 is 45.6 Å². The lowest BCUT2D eigenvalue weighted by Gasteiger charge is -2.14. The largest absolute Gasteiger partial charge is 0.480 e. The number of carbonyl (C=O) groups excluding carboxylic acids is 1. The van der Waals surface area contributed by atoms with Gasteiger partial charge in [0.15, 0.2) is 0 Å². The number of amides is 1. The Kier molecular flexibility index (Phi) is 5.77. The molecule has 1 aromatic heterocycles. The predicted molar refractivity (Wildman–Crippen MR) is 106 cm³/mol. The van der Waals surface area contributed by atoms with Gasteiger partial charge in [0.1, 0.15) is 12.6 Å². The Balaban J connectivity index is 1.62. The van der Waals surface area contributed by atoms with Crippen LogP contribution in [0.1, 0.15) is 11.1 Å². The number of aromatic nitrogens is 1. The Bertz CT molecular complexity index is 921. The molecule has 26 heavy (non-hydrogen) atoms. The van der Waals surface area contributed by atoms with Gasteiger partial charge in [-0.15, -0.1) is 0 Å². The summed E-state index contributed by atoms with van der Waals surface area (Å²) in [4.78, 5) is 26.6. The van der Waals surface area contributed by atoms with E-state index in [0.717, 1.165) is 25.6 Å². The van der Waals surface area contributed by atoms with Crippen LogP contribution in [0, 0.1) is 3.57 Å². The van der Waals surface area contributed by atoms with Crippen LogP contribution in [0.5, 0.6) is 0 Å². The van der Waals surface area contributed by atoms with E-state index in [0.29, 0.717) is 0 Å². The van der Waals surface area contributed by atoms with E-state index in [1.54, 1.807) is 6.20 Å². The lowest BCUT2D eigenvalue weighted by Crippen LogP contribution is -2.42. The van der Waals surface area contributed by atoms with Gasteiger partial charge >= 0.3 is 12.1 Å². The first-order valence-electron chi connectivity index (χ1n) is 7.98. The van der Waals surface area contributed by atoms with Crippen molar-refractivity contribution in [3.8, 4) is 0 Å². The van der Waals surface area contributed by atoms with Crippen molar-refractivity contribution in [3.05, 3.63) is 69.4 Å². The third-order valence-corrected chi connectivity index (χ3v) is 4.69. The summed E-state index contributed by atoms with van der Waals surface area (Å²) in [7, 11) is 0. The molecule has 6 nitrogen and oxygen atoms in total. The van der Waals surface area contributed by atoms with Gasteiger partial charge in [-0.3, -0.25) is 0 Å². The third kappa shape index (κ3) is 4.54. The summed E-state index contributed by atoms with van der Waals surface area (Å²) in [5, 5.41) is 12.8. The molecule has 0 aliphatic rings. The number of H-pyrrole nitrogens is 1. The topological polar surface area (TPSA) is 91.4 Å². The summed E-state index contributed by atoms with van der Waals surface area (Å²) in [6.07, 6.45) is 1.17. The molecule has 0 radical (unpaired) electrons. The fourth-order valence-electron chi connectivity index (χ4n) is 2.63. The average Bonchev–Trinajstić information content (AvgIpc) is 3.04. The molecular weight excluding hydrogens is 447 g/mol. The molecule has 0 spiro atoms. The zero-order valence-corrected chi connectivity index (χ0v) is 15.9. The molecule has 0 unspecified atom stereocenters. The van der Waals surface area contributed by atoms with Gasteiger partial charge in [-0.05, 0) is 51.9 Å². The molecule has 134 valence electrons. The maximum Gasteiger partial charge on any atom is 0.408 e. The van der Waals surface area contributed by atoms with Gasteiger partial charge in [-0.2, -0.15) is 0 Å². The average molecular weight is 464 g/mol. The Labute approximate surface area is 163 Å². The number of rotatable bonds is 6. The van der Waals surface area contributed by atoms with Gasteiger partial charge in [-0.1, -0.05) is 30.3 Å². The molecule has 1 atom stereocenters. The maximum atomic E-state index is 12.0. The number of carbonyl (C=O) groups is 2. The second kappa shape index (κ2) is 8.22. The molecule has 0 saturated heterocycles. The molecule has 0 aliphatic heterocycles. The Morgan fingerprint density at radius 3 is 2.62 bits per heavy atom. The van der Waals surface area contributed by atoms with E-state index >= 15 is 0 Å². The highest BCUT2D eigenvalue weighted by Gasteiger charge is 2.22. The lowest BCUT2D eigenvalue weighted by atomic mass is 10.1. The van der Waals surface area contributed by atoms with Gasteiger partial charge in [0, 0.05) is 27.1 Å². The number of benzene rings is 2. The molecule has 3 N–H and O–H groups in total. The number of carboxylic acid groups (broad SMARTS) is 1. The fourth-order valence-corrected chi connectivity index (χ4v) is 2.99. The number of aromatic amines is 1. The van der Waals surface area contributed by atoms with E-state index in [2.05, 4.69) is 32.9 Å². The van der Waals surface area contributed by atoms with Crippen LogP contribution < -0.4 is 5.32 Å². The number of fused-ring (bicyclic) bond motifs is 1. The molecule has 7 heteroatoms. The summed E-state index contributed by atoms with van der Waals surface area (Å²) < 4.78 is 6.22. The zero-order chi connectivity index (χ0) is 18.5. The number of ether oxygens (including phenoxy) is 1. The molecule has 1 heterocycles. The summed E-state index contributed by atoms with van der Waals surface area (Å²) in [6, 6.07) is 14.1. The van der Waals surface area contributed by atoms with Gasteiger partial charge in [0.25, 0.3) is 0 Å². The minimum Gasteiger partial charge on any atom is -0.480 e. The van der Waals surface area contributed by atoms with E-state index in [4.69, 9.17) is 4.74 Å². The number of hydrogen-bond acceptors (Lipinski definition) is 3. The zero-order valence-electron chi connectivity index (χ0n) is 13.7. The summed E-state index contributed by atoms with van der Waals surface area (Å²) in [5.74, 6) is -1.11. The van der Waals surface area contributed by atoms with E-state index in [1.807, 2.05) is 48.5 Å². The third-order valence-electron chi connectivity index (χ3n) is 3.97. The smallest absolute Gasteiger partial charge is 0.408 e. The first-order chi connectivity index (χ1) is 12.5. The highest BCUT2D eigenvalue weighted by Crippen LogP contribution is 2.19. The number of carboxylic acids is 1. The van der Waals surface area contributed by atoms with Crippen molar-refractivity contribution in [2.45, 2.75) is 19.1 Å². The van der Waals surface area contributed by atoms with Crippen LogP contribution >= 0.6 is 22.6 Å². The Hall–Kier alpha value is -2.55. The molecule has 3 aromatic rings. The van der Waals surface area contributed by atoms with Gasteiger partial charge < -0.3 is 20.1 Å². The lowest BCUT2D eigenvalue weighted by molar-refractivity contribution is -0.139. The quantitative estimate of drug-likeness (QED) is 0.486. The van der Waals surface area contributed by atoms with E-state index in [-0.39, 0.29) is 13.0 Å². The molecule has 0 fully saturated rings. The second-order valence-corrected chi connectivity index (χ2v) is 7.05. The molecule has 0 bridgehead atoms.